The highest BCUT2D eigenvalue weighted by Gasteiger charge is 2.26. The summed E-state index contributed by atoms with van der Waals surface area (Å²) in [6.45, 7) is 16.8. The summed E-state index contributed by atoms with van der Waals surface area (Å²) in [5.74, 6) is -1.15. The van der Waals surface area contributed by atoms with Crippen LogP contribution in [0.5, 0.6) is 0 Å². The lowest BCUT2D eigenvalue weighted by atomic mass is 9.72. The van der Waals surface area contributed by atoms with Crippen LogP contribution < -0.4 is 5.11 Å². The van der Waals surface area contributed by atoms with Gasteiger partial charge in [0.2, 0.25) is 0 Å². The Bertz CT molecular complexity index is 1130. The van der Waals surface area contributed by atoms with Gasteiger partial charge in [-0.1, -0.05) is 133 Å². The fraction of sp³-hybridized carbons (Fsp3) is 0.343. The van der Waals surface area contributed by atoms with E-state index in [1.165, 1.54) is 54.6 Å². The minimum atomic E-state index is -1.15. The molecule has 0 saturated heterocycles. The van der Waals surface area contributed by atoms with Gasteiger partial charge in [0.05, 0.1) is 5.97 Å². The largest absolute Gasteiger partial charge is 0.545 e. The first-order chi connectivity index (χ1) is 17.4. The van der Waals surface area contributed by atoms with Crippen molar-refractivity contribution in [2.45, 2.75) is 74.7 Å². The van der Waals surface area contributed by atoms with Gasteiger partial charge in [0.15, 0.2) is 0 Å². The van der Waals surface area contributed by atoms with Crippen molar-refractivity contribution >= 4 is 5.97 Å². The van der Waals surface area contributed by atoms with Crippen molar-refractivity contribution in [2.24, 2.45) is 5.41 Å². The Hall–Kier alpha value is -3.39. The molecule has 37 heavy (non-hydrogen) atoms. The van der Waals surface area contributed by atoms with Gasteiger partial charge in [-0.15, -0.1) is 0 Å². The maximum absolute atomic E-state index is 10.7. The molecule has 0 fully saturated rings. The van der Waals surface area contributed by atoms with Gasteiger partial charge in [0.1, 0.15) is 0 Å². The van der Waals surface area contributed by atoms with E-state index in [1.807, 2.05) is 43.4 Å². The number of hydrogen-bond donors (Lipinski definition) is 0. The summed E-state index contributed by atoms with van der Waals surface area (Å²) in [6, 6.07) is 0. The fourth-order valence-corrected chi connectivity index (χ4v) is 3.98. The molecule has 1 rings (SSSR count). The van der Waals surface area contributed by atoms with Gasteiger partial charge in [0.25, 0.3) is 0 Å². The molecule has 0 aromatic carbocycles. The first-order valence-corrected chi connectivity index (χ1v) is 13.1. The molecule has 0 saturated carbocycles. The van der Waals surface area contributed by atoms with E-state index in [-0.39, 0.29) is 11.0 Å². The third-order valence-corrected chi connectivity index (χ3v) is 6.35. The van der Waals surface area contributed by atoms with Crippen LogP contribution in [0.2, 0.25) is 0 Å². The molecule has 2 nitrogen and oxygen atoms in total. The van der Waals surface area contributed by atoms with Crippen LogP contribution in [-0.2, 0) is 4.79 Å². The number of hydrogen-bond acceptors (Lipinski definition) is 2. The summed E-state index contributed by atoms with van der Waals surface area (Å²) in [7, 11) is 0. The molecule has 0 amide bonds. The van der Waals surface area contributed by atoms with E-state index in [0.717, 1.165) is 11.1 Å². The highest BCUT2D eigenvalue weighted by atomic mass is 16.4. The van der Waals surface area contributed by atoms with Crippen molar-refractivity contribution in [2.75, 3.05) is 0 Å². The maximum Gasteiger partial charge on any atom is 0.0672 e. The normalized spacial score (nSPS) is 19.1. The number of carbonyl (C=O) groups is 1. The zero-order valence-electron chi connectivity index (χ0n) is 24.1. The minimum Gasteiger partial charge on any atom is -0.545 e. The topological polar surface area (TPSA) is 40.1 Å². The van der Waals surface area contributed by atoms with Crippen molar-refractivity contribution < 1.29 is 9.90 Å². The van der Waals surface area contributed by atoms with Gasteiger partial charge < -0.3 is 9.90 Å². The van der Waals surface area contributed by atoms with Crippen LogP contribution in [0.4, 0.5) is 0 Å². The van der Waals surface area contributed by atoms with Gasteiger partial charge in [-0.25, -0.2) is 0 Å². The quantitative estimate of drug-likeness (QED) is 0.211. The van der Waals surface area contributed by atoms with E-state index in [0.29, 0.717) is 0 Å². The predicted molar refractivity (Wildman–Crippen MR) is 160 cm³/mol. The van der Waals surface area contributed by atoms with E-state index in [2.05, 4.69) is 84.1 Å². The van der Waals surface area contributed by atoms with E-state index < -0.39 is 5.97 Å². The molecule has 0 radical (unpaired) electrons. The summed E-state index contributed by atoms with van der Waals surface area (Å²) in [4.78, 5) is 10.7. The molecule has 0 unspecified atom stereocenters. The lowest BCUT2D eigenvalue weighted by Gasteiger charge is -2.32. The SMILES string of the molecule is CC1=C(/C=C/C(C)=C/C=C/C(C)=C/C=C/C=C(C)/C=C/C=C(C)/C=C/C=C(\C)C(=O)[O-])C(C)(C)CCC1. The number of allylic oxidation sites excluding steroid dienone is 21. The third kappa shape index (κ3) is 13.5. The van der Waals surface area contributed by atoms with Gasteiger partial charge in [-0.2, -0.15) is 0 Å². The second kappa shape index (κ2) is 16.4. The van der Waals surface area contributed by atoms with Crippen molar-refractivity contribution in [3.63, 3.8) is 0 Å². The second-order valence-corrected chi connectivity index (χ2v) is 10.5. The predicted octanol–water partition coefficient (Wildman–Crippen LogP) is 8.78. The molecule has 2 heteroatoms. The Morgan fingerprint density at radius 3 is 1.59 bits per heavy atom. The van der Waals surface area contributed by atoms with Gasteiger partial charge >= 0.3 is 0 Å². The van der Waals surface area contributed by atoms with E-state index in [4.69, 9.17) is 0 Å². The van der Waals surface area contributed by atoms with Crippen LogP contribution in [-0.4, -0.2) is 5.97 Å². The molecule has 0 heterocycles. The Morgan fingerprint density at radius 1 is 0.703 bits per heavy atom. The number of carbonyl (C=O) groups excluding carboxylic acids is 1. The number of carboxylic acid groups (broad SMARTS) is 1. The summed E-state index contributed by atoms with van der Waals surface area (Å²) in [6.07, 6.45) is 34.0. The van der Waals surface area contributed by atoms with Gasteiger partial charge in [-0.05, 0) is 77.4 Å². The van der Waals surface area contributed by atoms with Crippen molar-refractivity contribution in [3.8, 4) is 0 Å². The summed E-state index contributed by atoms with van der Waals surface area (Å²) in [5.41, 5.74) is 8.10. The average Bonchev–Trinajstić information content (AvgIpc) is 2.81. The van der Waals surface area contributed by atoms with Crippen LogP contribution in [0.1, 0.15) is 74.7 Å². The molecule has 0 aliphatic heterocycles. The van der Waals surface area contributed by atoms with Crippen molar-refractivity contribution in [1.29, 1.82) is 0 Å². The molecule has 1 aliphatic rings. The molecule has 0 spiro atoms. The molecule has 198 valence electrons. The summed E-state index contributed by atoms with van der Waals surface area (Å²) < 4.78 is 0. The Labute approximate surface area is 226 Å². The number of rotatable bonds is 11. The van der Waals surface area contributed by atoms with Gasteiger partial charge in [0, 0.05) is 0 Å². The summed E-state index contributed by atoms with van der Waals surface area (Å²) >= 11 is 0. The molecule has 0 atom stereocenters. The van der Waals surface area contributed by atoms with Crippen molar-refractivity contribution in [3.05, 3.63) is 130 Å². The molecule has 0 aromatic heterocycles. The Morgan fingerprint density at radius 2 is 1.14 bits per heavy atom. The highest BCUT2D eigenvalue weighted by Crippen LogP contribution is 2.40. The fourth-order valence-electron chi connectivity index (χ4n) is 3.98. The summed E-state index contributed by atoms with van der Waals surface area (Å²) in [5, 5.41) is 10.7. The van der Waals surface area contributed by atoms with E-state index in [1.54, 1.807) is 6.08 Å². The first kappa shape index (κ1) is 31.6. The number of carboxylic acids is 1. The zero-order chi connectivity index (χ0) is 27.8. The zero-order valence-corrected chi connectivity index (χ0v) is 24.1. The monoisotopic (exact) mass is 497 g/mol. The second-order valence-electron chi connectivity index (χ2n) is 10.5. The molecular formula is C35H45O2-. The van der Waals surface area contributed by atoms with E-state index >= 15 is 0 Å². The van der Waals surface area contributed by atoms with Crippen LogP contribution in [0.25, 0.3) is 0 Å². The molecule has 0 bridgehead atoms. The molecule has 0 N–H and O–H groups in total. The lowest BCUT2D eigenvalue weighted by molar-refractivity contribution is -0.299. The average molecular weight is 498 g/mol. The standard InChI is InChI=1S/C35H46O2/c1-27(17-11-19-29(3)21-13-22-32(6)34(36)37)15-9-10-16-28(2)18-12-20-30(4)24-25-33-31(5)23-14-26-35(33,7)8/h9-13,15-22,24-25H,14,23,26H2,1-8H3,(H,36,37)/p-1/b10-9+,17-11+,18-12+,21-13+,25-24+,27-15+,28-16+,29-19+,30-20+,32-22+. The Balaban J connectivity index is 2.63. The minimum absolute atomic E-state index is 0.204. The maximum atomic E-state index is 10.7. The van der Waals surface area contributed by atoms with Crippen LogP contribution >= 0.6 is 0 Å². The van der Waals surface area contributed by atoms with Crippen LogP contribution in [0.15, 0.2) is 130 Å². The van der Waals surface area contributed by atoms with E-state index in [9.17, 15) is 9.90 Å². The van der Waals surface area contributed by atoms with Crippen LogP contribution in [0.3, 0.4) is 0 Å². The Kier molecular flexibility index (Phi) is 14.0. The molecule has 0 aromatic rings. The molecule has 1 aliphatic carbocycles. The van der Waals surface area contributed by atoms with Crippen LogP contribution in [0, 0.1) is 5.41 Å². The first-order valence-electron chi connectivity index (χ1n) is 13.1. The highest BCUT2D eigenvalue weighted by molar-refractivity contribution is 5.84. The smallest absolute Gasteiger partial charge is 0.0672 e. The number of aliphatic carboxylic acids is 1. The lowest BCUT2D eigenvalue weighted by Crippen LogP contribution is -2.22. The van der Waals surface area contributed by atoms with Gasteiger partial charge in [-0.3, -0.25) is 0 Å². The third-order valence-electron chi connectivity index (χ3n) is 6.35. The molecular weight excluding hydrogens is 452 g/mol. The van der Waals surface area contributed by atoms with Crippen molar-refractivity contribution in [1.82, 2.24) is 0 Å².